The summed E-state index contributed by atoms with van der Waals surface area (Å²) in [5.41, 5.74) is 1.03. The molecule has 0 saturated heterocycles. The van der Waals surface area contributed by atoms with E-state index in [1.165, 1.54) is 4.90 Å². The highest BCUT2D eigenvalue weighted by Crippen LogP contribution is 2.07. The summed E-state index contributed by atoms with van der Waals surface area (Å²) in [6.45, 7) is 5.06. The van der Waals surface area contributed by atoms with Gasteiger partial charge in [0.2, 0.25) is 5.91 Å². The van der Waals surface area contributed by atoms with Crippen LogP contribution in [0.15, 0.2) is 18.3 Å². The van der Waals surface area contributed by atoms with Gasteiger partial charge in [0.05, 0.1) is 13.2 Å². The van der Waals surface area contributed by atoms with Crippen LogP contribution < -0.4 is 0 Å². The fourth-order valence-electron chi connectivity index (χ4n) is 2.64. The van der Waals surface area contributed by atoms with Gasteiger partial charge < -0.3 is 28.7 Å². The molecule has 0 atom stereocenters. The molecule has 154 valence electrons. The van der Waals surface area contributed by atoms with Gasteiger partial charge in [-0.3, -0.25) is 4.79 Å². The van der Waals surface area contributed by atoms with Crippen molar-refractivity contribution in [3.63, 3.8) is 0 Å². The first-order chi connectivity index (χ1) is 12.9. The SMILES string of the molecule is CCOCCCN(CC(=O)N(CCOC)Cc1cccn1C)C(=O)N(C)C. The zero-order valence-corrected chi connectivity index (χ0v) is 17.3. The predicted molar refractivity (Wildman–Crippen MR) is 104 cm³/mol. The first-order valence-corrected chi connectivity index (χ1v) is 9.31. The van der Waals surface area contributed by atoms with Crippen LogP contribution in [0.5, 0.6) is 0 Å². The maximum absolute atomic E-state index is 12.9. The number of amides is 3. The van der Waals surface area contributed by atoms with E-state index < -0.39 is 0 Å². The molecule has 0 N–H and O–H groups in total. The van der Waals surface area contributed by atoms with Gasteiger partial charge in [0.15, 0.2) is 0 Å². The lowest BCUT2D eigenvalue weighted by atomic mass is 10.3. The molecule has 0 unspecified atom stereocenters. The van der Waals surface area contributed by atoms with Gasteiger partial charge in [-0.2, -0.15) is 0 Å². The van der Waals surface area contributed by atoms with Crippen molar-refractivity contribution in [3.8, 4) is 0 Å². The molecular formula is C19H34N4O4. The zero-order valence-electron chi connectivity index (χ0n) is 17.3. The standard InChI is InChI=1S/C19H34N4O4/c1-6-27-13-8-11-23(19(25)20(2)3)16-18(24)22(12-14-26-5)15-17-9-7-10-21(17)4/h7,9-10H,6,8,11-16H2,1-5H3. The number of hydrogen-bond donors (Lipinski definition) is 0. The highest BCUT2D eigenvalue weighted by molar-refractivity contribution is 5.84. The second kappa shape index (κ2) is 12.3. The summed E-state index contributed by atoms with van der Waals surface area (Å²) in [7, 11) is 6.94. The molecule has 1 aromatic heterocycles. The number of urea groups is 1. The van der Waals surface area contributed by atoms with E-state index in [1.807, 2.05) is 36.9 Å². The molecule has 0 bridgehead atoms. The summed E-state index contributed by atoms with van der Waals surface area (Å²) >= 11 is 0. The summed E-state index contributed by atoms with van der Waals surface area (Å²) in [6.07, 6.45) is 2.64. The molecule has 0 saturated carbocycles. The smallest absolute Gasteiger partial charge is 0.319 e. The number of hydrogen-bond acceptors (Lipinski definition) is 4. The summed E-state index contributed by atoms with van der Waals surface area (Å²) < 4.78 is 12.5. The van der Waals surface area contributed by atoms with E-state index in [9.17, 15) is 9.59 Å². The highest BCUT2D eigenvalue weighted by atomic mass is 16.5. The number of carbonyl (C=O) groups is 2. The lowest BCUT2D eigenvalue weighted by Crippen LogP contribution is -2.47. The van der Waals surface area contributed by atoms with E-state index in [0.717, 1.165) is 5.69 Å². The number of aromatic nitrogens is 1. The Morgan fingerprint density at radius 3 is 2.44 bits per heavy atom. The Kier molecular flexibility index (Phi) is 10.5. The number of aryl methyl sites for hydroxylation is 1. The van der Waals surface area contributed by atoms with Crippen LogP contribution in [-0.2, 0) is 27.9 Å². The molecule has 0 radical (unpaired) electrons. The van der Waals surface area contributed by atoms with Gasteiger partial charge in [0.25, 0.3) is 0 Å². The number of methoxy groups -OCH3 is 1. The molecular weight excluding hydrogens is 348 g/mol. The van der Waals surface area contributed by atoms with Crippen molar-refractivity contribution in [2.45, 2.75) is 19.9 Å². The molecule has 0 aliphatic rings. The van der Waals surface area contributed by atoms with Crippen LogP contribution in [-0.4, -0.2) is 91.9 Å². The van der Waals surface area contributed by atoms with Gasteiger partial charge in [0.1, 0.15) is 6.54 Å². The Morgan fingerprint density at radius 2 is 1.89 bits per heavy atom. The van der Waals surface area contributed by atoms with Crippen LogP contribution >= 0.6 is 0 Å². The molecule has 27 heavy (non-hydrogen) atoms. The summed E-state index contributed by atoms with van der Waals surface area (Å²) in [6, 6.07) is 3.76. The summed E-state index contributed by atoms with van der Waals surface area (Å²) in [5, 5.41) is 0. The maximum atomic E-state index is 12.9. The Morgan fingerprint density at radius 1 is 1.15 bits per heavy atom. The highest BCUT2D eigenvalue weighted by Gasteiger charge is 2.22. The van der Waals surface area contributed by atoms with Crippen LogP contribution in [0.1, 0.15) is 19.0 Å². The molecule has 8 heteroatoms. The quantitative estimate of drug-likeness (QED) is 0.513. The number of rotatable bonds is 12. The molecule has 1 rings (SSSR count). The third kappa shape index (κ3) is 8.01. The number of nitrogens with zero attached hydrogens (tertiary/aromatic N) is 4. The molecule has 3 amide bonds. The molecule has 0 aromatic carbocycles. The van der Waals surface area contributed by atoms with E-state index >= 15 is 0 Å². The van der Waals surface area contributed by atoms with Gasteiger partial charge in [-0.25, -0.2) is 4.79 Å². The molecule has 1 heterocycles. The first-order valence-electron chi connectivity index (χ1n) is 9.31. The fourth-order valence-corrected chi connectivity index (χ4v) is 2.64. The second-order valence-electron chi connectivity index (χ2n) is 6.57. The lowest BCUT2D eigenvalue weighted by molar-refractivity contribution is -0.133. The van der Waals surface area contributed by atoms with Crippen molar-refractivity contribution in [3.05, 3.63) is 24.0 Å². The van der Waals surface area contributed by atoms with Gasteiger partial charge >= 0.3 is 6.03 Å². The minimum absolute atomic E-state index is 0.0390. The zero-order chi connectivity index (χ0) is 20.2. The van der Waals surface area contributed by atoms with Gasteiger partial charge in [0, 0.05) is 66.4 Å². The third-order valence-corrected chi connectivity index (χ3v) is 4.22. The molecule has 0 aliphatic heterocycles. The van der Waals surface area contributed by atoms with Gasteiger partial charge in [-0.1, -0.05) is 0 Å². The average Bonchev–Trinajstić information content (AvgIpc) is 3.04. The van der Waals surface area contributed by atoms with Crippen molar-refractivity contribution in [1.29, 1.82) is 0 Å². The Hall–Kier alpha value is -2.06. The molecule has 0 fully saturated rings. The topological polar surface area (TPSA) is 67.2 Å². The third-order valence-electron chi connectivity index (χ3n) is 4.22. The molecule has 0 spiro atoms. The number of carbonyl (C=O) groups excluding carboxylic acids is 2. The Balaban J connectivity index is 2.78. The normalized spacial score (nSPS) is 10.7. The van der Waals surface area contributed by atoms with Gasteiger partial charge in [-0.15, -0.1) is 0 Å². The predicted octanol–water partition coefficient (Wildman–Crippen LogP) is 1.41. The van der Waals surface area contributed by atoms with E-state index in [-0.39, 0.29) is 18.5 Å². The van der Waals surface area contributed by atoms with Gasteiger partial charge in [-0.05, 0) is 25.5 Å². The van der Waals surface area contributed by atoms with Crippen LogP contribution in [0.2, 0.25) is 0 Å². The van der Waals surface area contributed by atoms with Crippen LogP contribution in [0, 0.1) is 0 Å². The van der Waals surface area contributed by atoms with E-state index in [2.05, 4.69) is 0 Å². The van der Waals surface area contributed by atoms with Crippen LogP contribution in [0.4, 0.5) is 4.79 Å². The number of ether oxygens (including phenoxy) is 2. The fraction of sp³-hybridized carbons (Fsp3) is 0.684. The van der Waals surface area contributed by atoms with E-state index in [0.29, 0.717) is 45.9 Å². The van der Waals surface area contributed by atoms with Crippen molar-refractivity contribution in [2.24, 2.45) is 7.05 Å². The Bertz CT molecular complexity index is 574. The van der Waals surface area contributed by atoms with Crippen molar-refractivity contribution in [1.82, 2.24) is 19.3 Å². The second-order valence-corrected chi connectivity index (χ2v) is 6.57. The van der Waals surface area contributed by atoms with Crippen LogP contribution in [0.25, 0.3) is 0 Å². The van der Waals surface area contributed by atoms with E-state index in [4.69, 9.17) is 9.47 Å². The molecule has 0 aliphatic carbocycles. The van der Waals surface area contributed by atoms with Crippen molar-refractivity contribution in [2.75, 3.05) is 60.7 Å². The maximum Gasteiger partial charge on any atom is 0.319 e. The van der Waals surface area contributed by atoms with E-state index in [1.54, 1.807) is 31.0 Å². The van der Waals surface area contributed by atoms with Crippen molar-refractivity contribution >= 4 is 11.9 Å². The summed E-state index contributed by atoms with van der Waals surface area (Å²) in [4.78, 5) is 30.2. The summed E-state index contributed by atoms with van der Waals surface area (Å²) in [5.74, 6) is -0.0974. The Labute approximate surface area is 162 Å². The largest absolute Gasteiger partial charge is 0.383 e. The minimum Gasteiger partial charge on any atom is -0.383 e. The minimum atomic E-state index is -0.176. The average molecular weight is 383 g/mol. The first kappa shape index (κ1) is 23.0. The monoisotopic (exact) mass is 382 g/mol. The van der Waals surface area contributed by atoms with Crippen LogP contribution in [0.3, 0.4) is 0 Å². The lowest BCUT2D eigenvalue weighted by Gasteiger charge is -2.29. The molecule has 1 aromatic rings. The van der Waals surface area contributed by atoms with Crippen molar-refractivity contribution < 1.29 is 19.1 Å². The molecule has 8 nitrogen and oxygen atoms in total.